The number of rotatable bonds is 3. The Kier molecular flexibility index (Phi) is 3.43. The Bertz CT molecular complexity index is 896. The number of benzene rings is 3. The summed E-state index contributed by atoms with van der Waals surface area (Å²) in [5.74, 6) is 0.134. The summed E-state index contributed by atoms with van der Waals surface area (Å²) in [6.45, 7) is 1.33. The molecule has 0 atom stereocenters. The maximum Gasteiger partial charge on any atom is 0.255 e. The molecule has 0 bridgehead atoms. The summed E-state index contributed by atoms with van der Waals surface area (Å²) in [4.78, 5) is 14.6. The van der Waals surface area contributed by atoms with Crippen LogP contribution in [0.25, 0.3) is 16.8 Å². The first-order chi connectivity index (χ1) is 11.3. The summed E-state index contributed by atoms with van der Waals surface area (Å²) >= 11 is 0. The van der Waals surface area contributed by atoms with Gasteiger partial charge in [0.2, 0.25) is 0 Å². The lowest BCUT2D eigenvalue weighted by Gasteiger charge is -2.12. The fourth-order valence-corrected chi connectivity index (χ4v) is 3.16. The smallest absolute Gasteiger partial charge is 0.255 e. The normalized spacial score (nSPS) is 13.9. The van der Waals surface area contributed by atoms with Gasteiger partial charge in [0.05, 0.1) is 5.56 Å². The van der Waals surface area contributed by atoms with E-state index in [1.807, 2.05) is 41.3 Å². The maximum absolute atomic E-state index is 12.7. The van der Waals surface area contributed by atoms with Crippen molar-refractivity contribution in [2.24, 2.45) is 0 Å². The number of nitrogens with zero attached hydrogens (tertiary/aromatic N) is 1. The van der Waals surface area contributed by atoms with Gasteiger partial charge in [-0.3, -0.25) is 4.79 Å². The third kappa shape index (κ3) is 2.53. The van der Waals surface area contributed by atoms with Gasteiger partial charge < -0.3 is 4.90 Å². The van der Waals surface area contributed by atoms with E-state index in [1.54, 1.807) is 0 Å². The van der Waals surface area contributed by atoms with Crippen molar-refractivity contribution in [3.05, 3.63) is 89.5 Å². The molecule has 23 heavy (non-hydrogen) atoms. The SMILES string of the molecule is O=C1c2c(ccc3ccccc23)CN1CC=Cc1ccccc1. The molecule has 3 aromatic rings. The van der Waals surface area contributed by atoms with Crippen LogP contribution >= 0.6 is 0 Å². The lowest BCUT2D eigenvalue weighted by atomic mass is 10.0. The van der Waals surface area contributed by atoms with Crippen LogP contribution in [0, 0.1) is 0 Å². The van der Waals surface area contributed by atoms with E-state index in [0.717, 1.165) is 27.5 Å². The van der Waals surface area contributed by atoms with Gasteiger partial charge in [-0.1, -0.05) is 78.9 Å². The molecule has 1 amide bonds. The second-order valence-electron chi connectivity index (χ2n) is 5.82. The molecule has 112 valence electrons. The highest BCUT2D eigenvalue weighted by Gasteiger charge is 2.28. The van der Waals surface area contributed by atoms with Gasteiger partial charge >= 0.3 is 0 Å². The molecular formula is C21H17NO. The van der Waals surface area contributed by atoms with Crippen molar-refractivity contribution < 1.29 is 4.79 Å². The fourth-order valence-electron chi connectivity index (χ4n) is 3.16. The van der Waals surface area contributed by atoms with E-state index in [9.17, 15) is 4.79 Å². The lowest BCUT2D eigenvalue weighted by Crippen LogP contribution is -2.23. The molecule has 1 aliphatic rings. The summed E-state index contributed by atoms with van der Waals surface area (Å²) < 4.78 is 0. The molecule has 1 heterocycles. The van der Waals surface area contributed by atoms with E-state index in [2.05, 4.69) is 42.5 Å². The molecule has 0 saturated carbocycles. The number of carbonyl (C=O) groups is 1. The molecule has 1 aliphatic heterocycles. The molecule has 0 saturated heterocycles. The van der Waals surface area contributed by atoms with Crippen molar-refractivity contribution in [2.45, 2.75) is 6.54 Å². The molecule has 0 N–H and O–H groups in total. The molecule has 0 unspecified atom stereocenters. The second kappa shape index (κ2) is 5.73. The molecule has 0 fully saturated rings. The Morgan fingerprint density at radius 1 is 0.913 bits per heavy atom. The highest BCUT2D eigenvalue weighted by Crippen LogP contribution is 2.30. The quantitative estimate of drug-likeness (QED) is 0.697. The number of hydrogen-bond acceptors (Lipinski definition) is 1. The number of fused-ring (bicyclic) bond motifs is 3. The van der Waals surface area contributed by atoms with Gasteiger partial charge in [-0.05, 0) is 21.9 Å². The minimum Gasteiger partial charge on any atom is -0.331 e. The monoisotopic (exact) mass is 299 g/mol. The van der Waals surface area contributed by atoms with Crippen LogP contribution in [0.5, 0.6) is 0 Å². The maximum atomic E-state index is 12.7. The van der Waals surface area contributed by atoms with Crippen molar-refractivity contribution in [3.8, 4) is 0 Å². The highest BCUT2D eigenvalue weighted by atomic mass is 16.2. The second-order valence-corrected chi connectivity index (χ2v) is 5.82. The number of amides is 1. The summed E-state index contributed by atoms with van der Waals surface area (Å²) in [5, 5.41) is 2.19. The van der Waals surface area contributed by atoms with Crippen LogP contribution in [0.3, 0.4) is 0 Å². The third-order valence-electron chi connectivity index (χ3n) is 4.31. The Labute approximate surface area is 135 Å². The first-order valence-corrected chi connectivity index (χ1v) is 7.84. The number of carbonyl (C=O) groups excluding carboxylic acids is 1. The van der Waals surface area contributed by atoms with E-state index >= 15 is 0 Å². The topological polar surface area (TPSA) is 20.3 Å². The van der Waals surface area contributed by atoms with Crippen molar-refractivity contribution in [3.63, 3.8) is 0 Å². The standard InChI is InChI=1S/C21H17NO/c23-21-20-18(13-12-17-10-4-5-11-19(17)20)15-22(21)14-6-9-16-7-2-1-3-8-16/h1-13H,14-15H2. The molecule has 2 heteroatoms. The van der Waals surface area contributed by atoms with Gasteiger partial charge in [0.15, 0.2) is 0 Å². The van der Waals surface area contributed by atoms with Crippen molar-refractivity contribution in [1.82, 2.24) is 4.90 Å². The van der Waals surface area contributed by atoms with Gasteiger partial charge in [-0.15, -0.1) is 0 Å². The van der Waals surface area contributed by atoms with Gasteiger partial charge in [0.1, 0.15) is 0 Å². The zero-order valence-corrected chi connectivity index (χ0v) is 12.8. The summed E-state index contributed by atoms with van der Waals surface area (Å²) in [5.41, 5.74) is 3.15. The van der Waals surface area contributed by atoms with Gasteiger partial charge in [0.25, 0.3) is 5.91 Å². The van der Waals surface area contributed by atoms with Crippen LogP contribution in [0.4, 0.5) is 0 Å². The van der Waals surface area contributed by atoms with E-state index in [1.165, 1.54) is 0 Å². The number of hydrogen-bond donors (Lipinski definition) is 0. The average molecular weight is 299 g/mol. The van der Waals surface area contributed by atoms with E-state index in [4.69, 9.17) is 0 Å². The molecule has 3 aromatic carbocycles. The largest absolute Gasteiger partial charge is 0.331 e. The lowest BCUT2D eigenvalue weighted by molar-refractivity contribution is 0.0798. The molecule has 4 rings (SSSR count). The van der Waals surface area contributed by atoms with Crippen LogP contribution in [0.15, 0.2) is 72.8 Å². The van der Waals surface area contributed by atoms with Gasteiger partial charge in [0, 0.05) is 13.1 Å². The molecule has 0 aliphatic carbocycles. The van der Waals surface area contributed by atoms with Crippen molar-refractivity contribution in [1.29, 1.82) is 0 Å². The minimum absolute atomic E-state index is 0.134. The first kappa shape index (κ1) is 13.8. The first-order valence-electron chi connectivity index (χ1n) is 7.84. The fraction of sp³-hybridized carbons (Fsp3) is 0.0952. The average Bonchev–Trinajstić information content (AvgIpc) is 2.92. The van der Waals surface area contributed by atoms with E-state index in [-0.39, 0.29) is 5.91 Å². The van der Waals surface area contributed by atoms with Gasteiger partial charge in [-0.25, -0.2) is 0 Å². The minimum atomic E-state index is 0.134. The Hall–Kier alpha value is -2.87. The van der Waals surface area contributed by atoms with Gasteiger partial charge in [-0.2, -0.15) is 0 Å². The summed E-state index contributed by atoms with van der Waals surface area (Å²) in [7, 11) is 0. The molecule has 0 spiro atoms. The molecule has 2 nitrogen and oxygen atoms in total. The van der Waals surface area contributed by atoms with Crippen LogP contribution in [-0.4, -0.2) is 17.4 Å². The van der Waals surface area contributed by atoms with Crippen LogP contribution < -0.4 is 0 Å². The third-order valence-corrected chi connectivity index (χ3v) is 4.31. The summed E-state index contributed by atoms with van der Waals surface area (Å²) in [6.07, 6.45) is 4.12. The van der Waals surface area contributed by atoms with Crippen molar-refractivity contribution in [2.75, 3.05) is 6.54 Å². The highest BCUT2D eigenvalue weighted by molar-refractivity contribution is 6.10. The van der Waals surface area contributed by atoms with Crippen molar-refractivity contribution >= 4 is 22.8 Å². The predicted molar refractivity (Wildman–Crippen MR) is 94.2 cm³/mol. The van der Waals surface area contributed by atoms with E-state index in [0.29, 0.717) is 13.1 Å². The Morgan fingerprint density at radius 2 is 1.70 bits per heavy atom. The predicted octanol–water partition coefficient (Wildman–Crippen LogP) is 4.51. The zero-order valence-electron chi connectivity index (χ0n) is 12.8. The Morgan fingerprint density at radius 3 is 2.57 bits per heavy atom. The molecule has 0 aromatic heterocycles. The van der Waals surface area contributed by atoms with Crippen LogP contribution in [0.2, 0.25) is 0 Å². The molecular weight excluding hydrogens is 282 g/mol. The van der Waals surface area contributed by atoms with Crippen LogP contribution in [0.1, 0.15) is 21.5 Å². The van der Waals surface area contributed by atoms with Crippen LogP contribution in [-0.2, 0) is 6.54 Å². The summed E-state index contributed by atoms with van der Waals surface area (Å²) in [6, 6.07) is 22.4. The Balaban J connectivity index is 1.58. The molecule has 0 radical (unpaired) electrons. The zero-order chi connectivity index (χ0) is 15.6. The van der Waals surface area contributed by atoms with E-state index < -0.39 is 0 Å².